The van der Waals surface area contributed by atoms with Crippen LogP contribution in [0.2, 0.25) is 0 Å². The standard InChI is InChI=1S/C20H19F2NO4/c1-23(8-9-26-18-5-3-2-4-17(18)22)19(24)7-6-14-10-16(21)11-15-12-25-13-27-20(14)15/h2-7,10-11H,8-9,12-13H2,1H3. The molecule has 0 saturated heterocycles. The minimum atomic E-state index is -0.453. The van der Waals surface area contributed by atoms with Crippen LogP contribution in [0.15, 0.2) is 42.5 Å². The van der Waals surface area contributed by atoms with Gasteiger partial charge in [-0.15, -0.1) is 0 Å². The lowest BCUT2D eigenvalue weighted by molar-refractivity contribution is -0.125. The SMILES string of the molecule is CN(CCOc1ccccc1F)C(=O)C=Cc1cc(F)cc2c1OCOC2. The van der Waals surface area contributed by atoms with Gasteiger partial charge in [0.05, 0.1) is 13.2 Å². The number of ether oxygens (including phenoxy) is 3. The molecule has 0 spiro atoms. The number of para-hydroxylation sites is 1. The zero-order valence-electron chi connectivity index (χ0n) is 14.8. The Bertz CT molecular complexity index is 854. The maximum Gasteiger partial charge on any atom is 0.246 e. The summed E-state index contributed by atoms with van der Waals surface area (Å²) in [5.74, 6) is -0.526. The molecule has 5 nitrogen and oxygen atoms in total. The Balaban J connectivity index is 1.58. The van der Waals surface area contributed by atoms with Crippen LogP contribution in [-0.4, -0.2) is 37.8 Å². The van der Waals surface area contributed by atoms with Crippen molar-refractivity contribution >= 4 is 12.0 Å². The quantitative estimate of drug-likeness (QED) is 0.727. The average molecular weight is 375 g/mol. The summed E-state index contributed by atoms with van der Waals surface area (Å²) in [5.41, 5.74) is 1.07. The molecule has 142 valence electrons. The first kappa shape index (κ1) is 18.8. The topological polar surface area (TPSA) is 48.0 Å². The van der Waals surface area contributed by atoms with Crippen LogP contribution in [0.3, 0.4) is 0 Å². The molecule has 7 heteroatoms. The Labute approximate surface area is 155 Å². The number of rotatable bonds is 6. The summed E-state index contributed by atoms with van der Waals surface area (Å²) in [5, 5.41) is 0. The number of carbonyl (C=O) groups excluding carboxylic acids is 1. The Morgan fingerprint density at radius 3 is 2.93 bits per heavy atom. The third kappa shape index (κ3) is 4.83. The van der Waals surface area contributed by atoms with Crippen molar-refractivity contribution in [2.24, 2.45) is 0 Å². The monoisotopic (exact) mass is 375 g/mol. The predicted molar refractivity (Wildman–Crippen MR) is 95.3 cm³/mol. The molecule has 0 N–H and O–H groups in total. The molecule has 2 aromatic rings. The second kappa shape index (κ2) is 8.64. The second-order valence-electron chi connectivity index (χ2n) is 5.97. The second-order valence-corrected chi connectivity index (χ2v) is 5.97. The normalized spacial score (nSPS) is 13.1. The number of nitrogens with zero attached hydrogens (tertiary/aromatic N) is 1. The largest absolute Gasteiger partial charge is 0.489 e. The molecular formula is C20H19F2NO4. The molecule has 3 rings (SSSR count). The van der Waals surface area contributed by atoms with E-state index < -0.39 is 11.6 Å². The van der Waals surface area contributed by atoms with Crippen molar-refractivity contribution in [1.29, 1.82) is 0 Å². The lowest BCUT2D eigenvalue weighted by Gasteiger charge is -2.20. The molecule has 1 aliphatic rings. The van der Waals surface area contributed by atoms with Crippen molar-refractivity contribution in [3.8, 4) is 11.5 Å². The first-order chi connectivity index (χ1) is 13.0. The average Bonchev–Trinajstić information content (AvgIpc) is 2.67. The Morgan fingerprint density at radius 2 is 2.11 bits per heavy atom. The van der Waals surface area contributed by atoms with Crippen LogP contribution in [0.5, 0.6) is 11.5 Å². The summed E-state index contributed by atoms with van der Waals surface area (Å²) in [6, 6.07) is 8.72. The minimum absolute atomic E-state index is 0.0840. The van der Waals surface area contributed by atoms with Crippen molar-refractivity contribution < 1.29 is 27.8 Å². The number of carbonyl (C=O) groups is 1. The highest BCUT2D eigenvalue weighted by atomic mass is 19.1. The molecule has 2 aromatic carbocycles. The molecule has 0 aromatic heterocycles. The summed E-state index contributed by atoms with van der Waals surface area (Å²) in [6.45, 7) is 0.756. The molecule has 0 fully saturated rings. The van der Waals surface area contributed by atoms with Crippen molar-refractivity contribution in [2.75, 3.05) is 27.0 Å². The lowest BCUT2D eigenvalue weighted by atomic mass is 10.1. The third-order valence-corrected chi connectivity index (χ3v) is 4.01. The summed E-state index contributed by atoms with van der Waals surface area (Å²) in [7, 11) is 1.60. The van der Waals surface area contributed by atoms with Crippen LogP contribution in [0, 0.1) is 11.6 Å². The number of amides is 1. The van der Waals surface area contributed by atoms with Crippen LogP contribution in [0.4, 0.5) is 8.78 Å². The van der Waals surface area contributed by atoms with Crippen molar-refractivity contribution in [3.05, 3.63) is 65.2 Å². The van der Waals surface area contributed by atoms with Crippen molar-refractivity contribution in [1.82, 2.24) is 4.90 Å². The minimum Gasteiger partial charge on any atom is -0.489 e. The highest BCUT2D eigenvalue weighted by molar-refractivity contribution is 5.92. The molecule has 0 atom stereocenters. The van der Waals surface area contributed by atoms with Crippen LogP contribution < -0.4 is 9.47 Å². The van der Waals surface area contributed by atoms with Crippen molar-refractivity contribution in [3.63, 3.8) is 0 Å². The van der Waals surface area contributed by atoms with Gasteiger partial charge in [0.25, 0.3) is 0 Å². The molecule has 27 heavy (non-hydrogen) atoms. The van der Waals surface area contributed by atoms with Gasteiger partial charge >= 0.3 is 0 Å². The summed E-state index contributed by atoms with van der Waals surface area (Å²) in [6.07, 6.45) is 2.83. The van der Waals surface area contributed by atoms with Gasteiger partial charge in [0.1, 0.15) is 18.2 Å². The van der Waals surface area contributed by atoms with E-state index in [4.69, 9.17) is 14.2 Å². The van der Waals surface area contributed by atoms with Gasteiger partial charge in [0.2, 0.25) is 5.91 Å². The van der Waals surface area contributed by atoms with Crippen LogP contribution >= 0.6 is 0 Å². The molecular weight excluding hydrogens is 356 g/mol. The fourth-order valence-electron chi connectivity index (χ4n) is 2.59. The van der Waals surface area contributed by atoms with E-state index in [0.717, 1.165) is 0 Å². The van der Waals surface area contributed by atoms with Crippen LogP contribution in [0.1, 0.15) is 11.1 Å². The number of hydrogen-bond donors (Lipinski definition) is 0. The summed E-state index contributed by atoms with van der Waals surface area (Å²) in [4.78, 5) is 13.7. The Hall–Kier alpha value is -2.93. The molecule has 0 aliphatic carbocycles. The maximum atomic E-state index is 13.7. The van der Waals surface area contributed by atoms with Gasteiger partial charge < -0.3 is 19.1 Å². The zero-order valence-corrected chi connectivity index (χ0v) is 14.8. The number of halogens is 2. The molecule has 1 aliphatic heterocycles. The van der Waals surface area contributed by atoms with E-state index >= 15 is 0 Å². The fourth-order valence-corrected chi connectivity index (χ4v) is 2.59. The summed E-state index contributed by atoms with van der Waals surface area (Å²) >= 11 is 0. The molecule has 1 heterocycles. The summed E-state index contributed by atoms with van der Waals surface area (Å²) < 4.78 is 43.1. The number of hydrogen-bond acceptors (Lipinski definition) is 4. The van der Waals surface area contributed by atoms with Gasteiger partial charge in [-0.25, -0.2) is 8.78 Å². The number of likely N-dealkylation sites (N-methyl/N-ethyl adjacent to an activating group) is 1. The van der Waals surface area contributed by atoms with Crippen LogP contribution in [-0.2, 0) is 16.1 Å². The number of fused-ring (bicyclic) bond motifs is 1. The fraction of sp³-hybridized carbons (Fsp3) is 0.250. The third-order valence-electron chi connectivity index (χ3n) is 4.01. The molecule has 0 radical (unpaired) electrons. The smallest absolute Gasteiger partial charge is 0.246 e. The van der Waals surface area contributed by atoms with E-state index in [0.29, 0.717) is 16.9 Å². The van der Waals surface area contributed by atoms with E-state index in [1.165, 1.54) is 41.3 Å². The highest BCUT2D eigenvalue weighted by Gasteiger charge is 2.16. The van der Waals surface area contributed by atoms with Gasteiger partial charge in [-0.1, -0.05) is 12.1 Å². The van der Waals surface area contributed by atoms with E-state index in [1.54, 1.807) is 19.2 Å². The molecule has 0 saturated carbocycles. The maximum absolute atomic E-state index is 13.7. The predicted octanol–water partition coefficient (Wildman–Crippen LogP) is 3.38. The van der Waals surface area contributed by atoms with E-state index in [1.807, 2.05) is 0 Å². The molecule has 0 bridgehead atoms. The highest BCUT2D eigenvalue weighted by Crippen LogP contribution is 2.30. The van der Waals surface area contributed by atoms with E-state index in [9.17, 15) is 13.6 Å². The number of benzene rings is 2. The zero-order chi connectivity index (χ0) is 19.2. The van der Waals surface area contributed by atoms with Gasteiger partial charge in [-0.2, -0.15) is 0 Å². The van der Waals surface area contributed by atoms with Crippen LogP contribution in [0.25, 0.3) is 6.08 Å². The van der Waals surface area contributed by atoms with E-state index in [2.05, 4.69) is 0 Å². The first-order valence-corrected chi connectivity index (χ1v) is 8.38. The van der Waals surface area contributed by atoms with Crippen molar-refractivity contribution in [2.45, 2.75) is 6.61 Å². The Morgan fingerprint density at radius 1 is 1.30 bits per heavy atom. The van der Waals surface area contributed by atoms with Gasteiger partial charge in [0, 0.05) is 24.3 Å². The first-order valence-electron chi connectivity index (χ1n) is 8.38. The van der Waals surface area contributed by atoms with E-state index in [-0.39, 0.29) is 38.2 Å². The van der Waals surface area contributed by atoms with Gasteiger partial charge in [0.15, 0.2) is 18.4 Å². The lowest BCUT2D eigenvalue weighted by Crippen LogP contribution is -2.29. The Kier molecular flexibility index (Phi) is 6.03. The van der Waals surface area contributed by atoms with Gasteiger partial charge in [-0.05, 0) is 30.3 Å². The molecule has 1 amide bonds. The molecule has 0 unspecified atom stereocenters. The van der Waals surface area contributed by atoms with Gasteiger partial charge in [-0.3, -0.25) is 4.79 Å².